The molecule has 2 rings (SSSR count). The Hall–Kier alpha value is -1.11. The fraction of sp³-hybridized carbons (Fsp3) is 0.417. The zero-order chi connectivity index (χ0) is 9.26. The second kappa shape index (κ2) is 3.33. The molecule has 0 aromatic heterocycles. The number of hydrogen-bond acceptors (Lipinski definition) is 1. The summed E-state index contributed by atoms with van der Waals surface area (Å²) in [7, 11) is 0. The SMILES string of the molecule is CC1=C(C=CC=C2CCC2=O)CC1. The maximum Gasteiger partial charge on any atom is 0.159 e. The Morgan fingerprint density at radius 1 is 1.15 bits per heavy atom. The van der Waals surface area contributed by atoms with Crippen LogP contribution >= 0.6 is 0 Å². The van der Waals surface area contributed by atoms with Crippen LogP contribution in [0.4, 0.5) is 0 Å². The summed E-state index contributed by atoms with van der Waals surface area (Å²) in [5, 5.41) is 0. The van der Waals surface area contributed by atoms with Gasteiger partial charge < -0.3 is 0 Å². The van der Waals surface area contributed by atoms with Gasteiger partial charge in [-0.15, -0.1) is 0 Å². The van der Waals surface area contributed by atoms with Gasteiger partial charge in [0.2, 0.25) is 0 Å². The molecule has 0 saturated heterocycles. The lowest BCUT2D eigenvalue weighted by atomic mass is 9.88. The Bertz CT molecular complexity index is 329. The molecule has 0 radical (unpaired) electrons. The van der Waals surface area contributed by atoms with Gasteiger partial charge in [0, 0.05) is 6.42 Å². The molecule has 2 aliphatic rings. The first-order chi connectivity index (χ1) is 6.27. The van der Waals surface area contributed by atoms with E-state index in [9.17, 15) is 4.79 Å². The highest BCUT2D eigenvalue weighted by molar-refractivity contribution is 6.01. The van der Waals surface area contributed by atoms with E-state index in [2.05, 4.69) is 13.0 Å². The second-order valence-electron chi connectivity index (χ2n) is 3.78. The lowest BCUT2D eigenvalue weighted by molar-refractivity contribution is -0.118. The Morgan fingerprint density at radius 3 is 2.38 bits per heavy atom. The molecule has 2 aliphatic carbocycles. The van der Waals surface area contributed by atoms with Gasteiger partial charge in [-0.05, 0) is 37.3 Å². The third kappa shape index (κ3) is 1.64. The molecule has 0 unspecified atom stereocenters. The number of rotatable bonds is 2. The number of allylic oxidation sites excluding steroid dienone is 6. The summed E-state index contributed by atoms with van der Waals surface area (Å²) in [5.74, 6) is 0.323. The van der Waals surface area contributed by atoms with Crippen molar-refractivity contribution in [1.82, 2.24) is 0 Å². The fourth-order valence-electron chi connectivity index (χ4n) is 1.57. The summed E-state index contributed by atoms with van der Waals surface area (Å²) in [6, 6.07) is 0. The molecular formula is C12H14O. The van der Waals surface area contributed by atoms with Gasteiger partial charge in [0.05, 0.1) is 0 Å². The average molecular weight is 174 g/mol. The summed E-state index contributed by atoms with van der Waals surface area (Å²) < 4.78 is 0. The summed E-state index contributed by atoms with van der Waals surface area (Å²) in [4.78, 5) is 10.9. The van der Waals surface area contributed by atoms with Crippen molar-refractivity contribution in [1.29, 1.82) is 0 Å². The van der Waals surface area contributed by atoms with Gasteiger partial charge in [0.1, 0.15) is 0 Å². The summed E-state index contributed by atoms with van der Waals surface area (Å²) in [6.45, 7) is 2.17. The topological polar surface area (TPSA) is 17.1 Å². The molecule has 0 bridgehead atoms. The van der Waals surface area contributed by atoms with Crippen LogP contribution in [0, 0.1) is 0 Å². The van der Waals surface area contributed by atoms with E-state index < -0.39 is 0 Å². The molecule has 1 nitrogen and oxygen atoms in total. The van der Waals surface area contributed by atoms with Crippen molar-refractivity contribution in [2.45, 2.75) is 32.6 Å². The van der Waals surface area contributed by atoms with Crippen molar-refractivity contribution in [3.63, 3.8) is 0 Å². The lowest BCUT2D eigenvalue weighted by Gasteiger charge is -2.17. The van der Waals surface area contributed by atoms with Gasteiger partial charge >= 0.3 is 0 Å². The van der Waals surface area contributed by atoms with Gasteiger partial charge in [0.15, 0.2) is 5.78 Å². The van der Waals surface area contributed by atoms with Crippen LogP contribution in [0.1, 0.15) is 32.6 Å². The maximum absolute atomic E-state index is 10.9. The van der Waals surface area contributed by atoms with E-state index in [0.717, 1.165) is 18.4 Å². The standard InChI is InChI=1S/C12H14O/c1-9-5-6-10(9)3-2-4-11-7-8-12(11)13/h2-4H,5-8H2,1H3. The molecule has 0 aromatic carbocycles. The molecule has 1 saturated carbocycles. The summed E-state index contributed by atoms with van der Waals surface area (Å²) in [5.41, 5.74) is 3.94. The van der Waals surface area contributed by atoms with Crippen molar-refractivity contribution in [3.8, 4) is 0 Å². The first-order valence-corrected chi connectivity index (χ1v) is 4.86. The van der Waals surface area contributed by atoms with Crippen LogP contribution in [0.2, 0.25) is 0 Å². The van der Waals surface area contributed by atoms with E-state index in [4.69, 9.17) is 0 Å². The van der Waals surface area contributed by atoms with Crippen LogP contribution in [0.15, 0.2) is 34.9 Å². The monoisotopic (exact) mass is 174 g/mol. The first-order valence-electron chi connectivity index (χ1n) is 4.86. The number of ketones is 1. The number of carbonyl (C=O) groups is 1. The molecular weight excluding hydrogens is 160 g/mol. The van der Waals surface area contributed by atoms with Gasteiger partial charge in [-0.25, -0.2) is 0 Å². The Balaban J connectivity index is 1.95. The lowest BCUT2D eigenvalue weighted by Crippen LogP contribution is -2.13. The molecule has 0 spiro atoms. The average Bonchev–Trinajstić information content (AvgIpc) is 2.12. The molecule has 0 aliphatic heterocycles. The van der Waals surface area contributed by atoms with Gasteiger partial charge in [-0.2, -0.15) is 0 Å². The van der Waals surface area contributed by atoms with Gasteiger partial charge in [-0.1, -0.05) is 23.8 Å². The van der Waals surface area contributed by atoms with Crippen LogP contribution in [0.25, 0.3) is 0 Å². The maximum atomic E-state index is 10.9. The Labute approximate surface area is 78.8 Å². The van der Waals surface area contributed by atoms with Crippen molar-refractivity contribution in [2.75, 3.05) is 0 Å². The Morgan fingerprint density at radius 2 is 2.00 bits per heavy atom. The highest BCUT2D eigenvalue weighted by Gasteiger charge is 2.18. The second-order valence-corrected chi connectivity index (χ2v) is 3.78. The minimum Gasteiger partial charge on any atom is -0.295 e. The van der Waals surface area contributed by atoms with E-state index >= 15 is 0 Å². The molecule has 0 aromatic rings. The minimum atomic E-state index is 0.323. The van der Waals surface area contributed by atoms with E-state index in [1.54, 1.807) is 0 Å². The normalized spacial score (nSPS) is 25.3. The van der Waals surface area contributed by atoms with E-state index in [1.165, 1.54) is 24.0 Å². The van der Waals surface area contributed by atoms with Gasteiger partial charge in [0.25, 0.3) is 0 Å². The highest BCUT2D eigenvalue weighted by atomic mass is 16.1. The van der Waals surface area contributed by atoms with Crippen LogP contribution in [0.5, 0.6) is 0 Å². The molecule has 0 amide bonds. The first kappa shape index (κ1) is 8.49. The van der Waals surface area contributed by atoms with E-state index in [-0.39, 0.29) is 0 Å². The predicted octanol–water partition coefficient (Wildman–Crippen LogP) is 2.94. The summed E-state index contributed by atoms with van der Waals surface area (Å²) >= 11 is 0. The van der Waals surface area contributed by atoms with Crippen LogP contribution in [-0.4, -0.2) is 5.78 Å². The number of Topliss-reactive ketones (excluding diaryl/α,β-unsaturated/α-hetero) is 1. The smallest absolute Gasteiger partial charge is 0.159 e. The van der Waals surface area contributed by atoms with Crippen molar-refractivity contribution in [3.05, 3.63) is 34.9 Å². The molecule has 0 atom stereocenters. The zero-order valence-corrected chi connectivity index (χ0v) is 7.97. The predicted molar refractivity (Wildman–Crippen MR) is 53.4 cm³/mol. The fourth-order valence-corrected chi connectivity index (χ4v) is 1.57. The van der Waals surface area contributed by atoms with Gasteiger partial charge in [-0.3, -0.25) is 4.79 Å². The molecule has 0 N–H and O–H groups in total. The Kier molecular flexibility index (Phi) is 2.17. The highest BCUT2D eigenvalue weighted by Crippen LogP contribution is 2.28. The molecule has 13 heavy (non-hydrogen) atoms. The minimum absolute atomic E-state index is 0.323. The van der Waals surface area contributed by atoms with Crippen molar-refractivity contribution in [2.24, 2.45) is 0 Å². The largest absolute Gasteiger partial charge is 0.295 e. The zero-order valence-electron chi connectivity index (χ0n) is 7.97. The third-order valence-corrected chi connectivity index (χ3v) is 2.89. The van der Waals surface area contributed by atoms with Crippen LogP contribution < -0.4 is 0 Å². The van der Waals surface area contributed by atoms with E-state index in [1.807, 2.05) is 12.2 Å². The molecule has 0 heterocycles. The number of hydrogen-bond donors (Lipinski definition) is 0. The summed E-state index contributed by atoms with van der Waals surface area (Å²) in [6.07, 6.45) is 10.3. The van der Waals surface area contributed by atoms with Crippen molar-refractivity contribution >= 4 is 5.78 Å². The quantitative estimate of drug-likeness (QED) is 0.588. The van der Waals surface area contributed by atoms with E-state index in [0.29, 0.717) is 5.78 Å². The molecule has 1 heteroatoms. The molecule has 68 valence electrons. The van der Waals surface area contributed by atoms with Crippen molar-refractivity contribution < 1.29 is 4.79 Å². The molecule has 1 fully saturated rings. The number of carbonyl (C=O) groups excluding carboxylic acids is 1. The van der Waals surface area contributed by atoms with Crippen LogP contribution in [0.3, 0.4) is 0 Å². The van der Waals surface area contributed by atoms with Crippen LogP contribution in [-0.2, 0) is 4.79 Å². The third-order valence-electron chi connectivity index (χ3n) is 2.89.